The first-order chi connectivity index (χ1) is 8.70. The Kier molecular flexibility index (Phi) is 4.69. The average molecular weight is 266 g/mol. The molecule has 1 nitrogen and oxygen atoms in total. The zero-order chi connectivity index (χ0) is 13.0. The summed E-state index contributed by atoms with van der Waals surface area (Å²) in [7, 11) is 0. The molecule has 0 aromatic heterocycles. The van der Waals surface area contributed by atoms with Crippen molar-refractivity contribution in [1.29, 1.82) is 0 Å². The maximum absolute atomic E-state index is 6.44. The van der Waals surface area contributed by atoms with Crippen LogP contribution in [-0.2, 0) is 5.41 Å². The maximum atomic E-state index is 6.44. The minimum Gasteiger partial charge on any atom is -0.316 e. The van der Waals surface area contributed by atoms with Crippen molar-refractivity contribution in [3.05, 3.63) is 34.9 Å². The predicted molar refractivity (Wildman–Crippen MR) is 79.3 cm³/mol. The highest BCUT2D eigenvalue weighted by Crippen LogP contribution is 2.47. The Balaban J connectivity index is 2.28. The van der Waals surface area contributed by atoms with E-state index in [1.807, 2.05) is 12.1 Å². The van der Waals surface area contributed by atoms with Crippen LogP contribution < -0.4 is 5.32 Å². The second-order valence-electron chi connectivity index (χ2n) is 5.61. The van der Waals surface area contributed by atoms with Gasteiger partial charge in [-0.2, -0.15) is 0 Å². The fourth-order valence-corrected chi connectivity index (χ4v) is 3.68. The number of nitrogens with one attached hydrogen (secondary N) is 1. The van der Waals surface area contributed by atoms with Crippen LogP contribution in [0.2, 0.25) is 5.02 Å². The van der Waals surface area contributed by atoms with Gasteiger partial charge in [0.25, 0.3) is 0 Å². The minimum absolute atomic E-state index is 0.244. The summed E-state index contributed by atoms with van der Waals surface area (Å²) in [5.41, 5.74) is 1.59. The van der Waals surface area contributed by atoms with E-state index in [-0.39, 0.29) is 5.41 Å². The van der Waals surface area contributed by atoms with Gasteiger partial charge in [-0.1, -0.05) is 50.1 Å². The third-order valence-corrected chi connectivity index (χ3v) is 4.81. The normalized spacial score (nSPS) is 27.6. The van der Waals surface area contributed by atoms with E-state index in [0.29, 0.717) is 5.92 Å². The average Bonchev–Trinajstić information content (AvgIpc) is 2.73. The van der Waals surface area contributed by atoms with E-state index in [0.717, 1.165) is 18.1 Å². The highest BCUT2D eigenvalue weighted by Gasteiger charge is 2.42. The van der Waals surface area contributed by atoms with Crippen LogP contribution in [0.15, 0.2) is 24.3 Å². The number of rotatable bonds is 5. The summed E-state index contributed by atoms with van der Waals surface area (Å²) in [6.45, 7) is 6.75. The second-order valence-corrected chi connectivity index (χ2v) is 6.01. The summed E-state index contributed by atoms with van der Waals surface area (Å²) in [4.78, 5) is 0. The standard InChI is InChI=1S/C16H24ClN/c1-3-11-18-12-16(10-6-7-13(16)2)14-8-4-5-9-15(14)17/h4-5,8-9,13,18H,3,6-7,10-12H2,1-2H3. The molecule has 1 aliphatic carbocycles. The summed E-state index contributed by atoms with van der Waals surface area (Å²) in [6, 6.07) is 8.40. The van der Waals surface area contributed by atoms with Crippen molar-refractivity contribution in [2.45, 2.75) is 44.9 Å². The van der Waals surface area contributed by atoms with Crippen LogP contribution in [0.25, 0.3) is 0 Å². The monoisotopic (exact) mass is 265 g/mol. The largest absolute Gasteiger partial charge is 0.316 e. The van der Waals surface area contributed by atoms with Crippen molar-refractivity contribution in [2.75, 3.05) is 13.1 Å². The lowest BCUT2D eigenvalue weighted by atomic mass is 9.72. The van der Waals surface area contributed by atoms with Crippen LogP contribution in [0.4, 0.5) is 0 Å². The third kappa shape index (κ3) is 2.57. The van der Waals surface area contributed by atoms with Crippen molar-refractivity contribution >= 4 is 11.6 Å². The SMILES string of the molecule is CCCNCC1(c2ccccc2Cl)CCCC1C. The molecular formula is C16H24ClN. The van der Waals surface area contributed by atoms with Crippen molar-refractivity contribution in [1.82, 2.24) is 5.32 Å². The Labute approximate surface area is 116 Å². The smallest absolute Gasteiger partial charge is 0.0444 e. The molecule has 2 rings (SSSR count). The lowest BCUT2D eigenvalue weighted by Gasteiger charge is -2.35. The van der Waals surface area contributed by atoms with Gasteiger partial charge in [0.1, 0.15) is 0 Å². The molecule has 0 bridgehead atoms. The van der Waals surface area contributed by atoms with Gasteiger partial charge in [0, 0.05) is 17.0 Å². The Hall–Kier alpha value is -0.530. The fraction of sp³-hybridized carbons (Fsp3) is 0.625. The van der Waals surface area contributed by atoms with Crippen LogP contribution in [0.5, 0.6) is 0 Å². The first-order valence-corrected chi connectivity index (χ1v) is 7.54. The second kappa shape index (κ2) is 6.08. The molecule has 18 heavy (non-hydrogen) atoms. The molecule has 0 radical (unpaired) electrons. The van der Waals surface area contributed by atoms with E-state index in [9.17, 15) is 0 Å². The van der Waals surface area contributed by atoms with Gasteiger partial charge in [0.05, 0.1) is 0 Å². The van der Waals surface area contributed by atoms with E-state index in [1.54, 1.807) is 0 Å². The molecule has 1 aromatic rings. The van der Waals surface area contributed by atoms with E-state index in [2.05, 4.69) is 31.3 Å². The molecule has 1 fully saturated rings. The molecule has 100 valence electrons. The molecule has 1 saturated carbocycles. The quantitative estimate of drug-likeness (QED) is 0.779. The third-order valence-electron chi connectivity index (χ3n) is 4.48. The van der Waals surface area contributed by atoms with Crippen LogP contribution >= 0.6 is 11.6 Å². The fourth-order valence-electron chi connectivity index (χ4n) is 3.36. The van der Waals surface area contributed by atoms with E-state index >= 15 is 0 Å². The first kappa shape index (κ1) is 13.9. The van der Waals surface area contributed by atoms with Gasteiger partial charge in [0.15, 0.2) is 0 Å². The molecule has 0 aliphatic heterocycles. The summed E-state index contributed by atoms with van der Waals surface area (Å²) >= 11 is 6.44. The predicted octanol–water partition coefficient (Wildman–Crippen LogP) is 4.40. The Morgan fingerprint density at radius 1 is 1.39 bits per heavy atom. The van der Waals surface area contributed by atoms with Gasteiger partial charge in [-0.3, -0.25) is 0 Å². The first-order valence-electron chi connectivity index (χ1n) is 7.16. The van der Waals surface area contributed by atoms with E-state index in [1.165, 1.54) is 31.2 Å². The van der Waals surface area contributed by atoms with Crippen molar-refractivity contribution in [2.24, 2.45) is 5.92 Å². The summed E-state index contributed by atoms with van der Waals surface area (Å²) in [5.74, 6) is 0.710. The number of halogens is 1. The molecule has 2 heteroatoms. The molecule has 0 heterocycles. The van der Waals surface area contributed by atoms with Gasteiger partial charge < -0.3 is 5.32 Å². The molecule has 1 aromatic carbocycles. The lowest BCUT2D eigenvalue weighted by molar-refractivity contribution is 0.318. The summed E-state index contributed by atoms with van der Waals surface area (Å²) in [5, 5.41) is 4.55. The van der Waals surface area contributed by atoms with E-state index < -0.39 is 0 Å². The lowest BCUT2D eigenvalue weighted by Crippen LogP contribution is -2.40. The Bertz CT molecular complexity index is 390. The molecule has 1 N–H and O–H groups in total. The van der Waals surface area contributed by atoms with Crippen molar-refractivity contribution in [3.8, 4) is 0 Å². The summed E-state index contributed by atoms with van der Waals surface area (Å²) < 4.78 is 0. The zero-order valence-corrected chi connectivity index (χ0v) is 12.3. The molecule has 2 unspecified atom stereocenters. The van der Waals surface area contributed by atoms with Gasteiger partial charge in [0.2, 0.25) is 0 Å². The molecule has 0 saturated heterocycles. The van der Waals surface area contributed by atoms with Crippen molar-refractivity contribution in [3.63, 3.8) is 0 Å². The zero-order valence-electron chi connectivity index (χ0n) is 11.5. The highest BCUT2D eigenvalue weighted by molar-refractivity contribution is 6.31. The summed E-state index contributed by atoms with van der Waals surface area (Å²) in [6.07, 6.45) is 5.08. The highest BCUT2D eigenvalue weighted by atomic mass is 35.5. The van der Waals surface area contributed by atoms with Gasteiger partial charge in [-0.05, 0) is 43.4 Å². The molecule has 0 amide bonds. The van der Waals surface area contributed by atoms with Crippen LogP contribution in [0, 0.1) is 5.92 Å². The van der Waals surface area contributed by atoms with E-state index in [4.69, 9.17) is 11.6 Å². The van der Waals surface area contributed by atoms with Crippen LogP contribution in [0.3, 0.4) is 0 Å². The minimum atomic E-state index is 0.244. The van der Waals surface area contributed by atoms with Crippen LogP contribution in [-0.4, -0.2) is 13.1 Å². The number of benzene rings is 1. The van der Waals surface area contributed by atoms with Gasteiger partial charge in [-0.15, -0.1) is 0 Å². The van der Waals surface area contributed by atoms with Crippen molar-refractivity contribution < 1.29 is 0 Å². The van der Waals surface area contributed by atoms with Gasteiger partial charge in [-0.25, -0.2) is 0 Å². The maximum Gasteiger partial charge on any atom is 0.0444 e. The number of hydrogen-bond donors (Lipinski definition) is 1. The molecular weight excluding hydrogens is 242 g/mol. The Morgan fingerprint density at radius 3 is 2.78 bits per heavy atom. The topological polar surface area (TPSA) is 12.0 Å². The van der Waals surface area contributed by atoms with Crippen LogP contribution in [0.1, 0.15) is 45.1 Å². The molecule has 1 aliphatic rings. The molecule has 2 atom stereocenters. The number of hydrogen-bond acceptors (Lipinski definition) is 1. The molecule has 0 spiro atoms. The Morgan fingerprint density at radius 2 is 2.17 bits per heavy atom. The van der Waals surface area contributed by atoms with Gasteiger partial charge >= 0.3 is 0 Å².